The van der Waals surface area contributed by atoms with Crippen LogP contribution in [0.1, 0.15) is 23.4 Å². The van der Waals surface area contributed by atoms with Gasteiger partial charge in [0.25, 0.3) is 0 Å². The molecular formula is C16H21N3O2S2. The molecule has 0 saturated carbocycles. The summed E-state index contributed by atoms with van der Waals surface area (Å²) in [6.45, 7) is 4.30. The number of hydrogen-bond donors (Lipinski definition) is 1. The number of nitrogens with zero attached hydrogens (tertiary/aromatic N) is 2. The number of anilines is 1. The van der Waals surface area contributed by atoms with Crippen LogP contribution in [-0.4, -0.2) is 42.1 Å². The van der Waals surface area contributed by atoms with E-state index in [0.717, 1.165) is 51.4 Å². The zero-order chi connectivity index (χ0) is 15.9. The third kappa shape index (κ3) is 5.39. The molecular weight excluding hydrogens is 330 g/mol. The quantitative estimate of drug-likeness (QED) is 0.833. The van der Waals surface area contributed by atoms with Crippen molar-refractivity contribution in [3.8, 4) is 0 Å². The molecule has 0 radical (unpaired) electrons. The molecule has 1 N–H and O–H groups in total. The third-order valence-corrected chi connectivity index (χ3v) is 5.44. The number of hydrogen-bond acceptors (Lipinski definition) is 6. The molecule has 1 aliphatic heterocycles. The van der Waals surface area contributed by atoms with Gasteiger partial charge in [0.2, 0.25) is 5.91 Å². The van der Waals surface area contributed by atoms with Crippen molar-refractivity contribution < 1.29 is 9.53 Å². The number of rotatable bonds is 7. The molecule has 1 fully saturated rings. The fourth-order valence-electron chi connectivity index (χ4n) is 2.49. The van der Waals surface area contributed by atoms with Crippen molar-refractivity contribution in [2.24, 2.45) is 0 Å². The van der Waals surface area contributed by atoms with Crippen LogP contribution in [0, 0.1) is 0 Å². The average Bonchev–Trinajstić information content (AvgIpc) is 3.21. The number of nitrogens with one attached hydrogen (secondary N) is 1. The largest absolute Gasteiger partial charge is 0.379 e. The Balaban J connectivity index is 1.40. The monoisotopic (exact) mass is 351 g/mol. The first-order valence-electron chi connectivity index (χ1n) is 7.86. The number of morpholine rings is 1. The number of ether oxygens (including phenoxy) is 1. The second kappa shape index (κ2) is 8.54. The van der Waals surface area contributed by atoms with Gasteiger partial charge in [0.1, 0.15) is 0 Å². The summed E-state index contributed by atoms with van der Waals surface area (Å²) in [5.41, 5.74) is 1.02. The van der Waals surface area contributed by atoms with Gasteiger partial charge >= 0.3 is 0 Å². The van der Waals surface area contributed by atoms with Crippen LogP contribution < -0.4 is 5.32 Å². The summed E-state index contributed by atoms with van der Waals surface area (Å²) in [6, 6.07) is 4.16. The highest BCUT2D eigenvalue weighted by molar-refractivity contribution is 7.13. The summed E-state index contributed by atoms with van der Waals surface area (Å²) < 4.78 is 5.34. The molecule has 0 atom stereocenters. The van der Waals surface area contributed by atoms with Crippen molar-refractivity contribution in [1.29, 1.82) is 0 Å². The lowest BCUT2D eigenvalue weighted by molar-refractivity contribution is -0.116. The van der Waals surface area contributed by atoms with Gasteiger partial charge in [-0.1, -0.05) is 6.07 Å². The molecule has 23 heavy (non-hydrogen) atoms. The molecule has 7 heteroatoms. The maximum absolute atomic E-state index is 12.0. The summed E-state index contributed by atoms with van der Waals surface area (Å²) in [6.07, 6.45) is 2.37. The van der Waals surface area contributed by atoms with E-state index in [4.69, 9.17) is 4.74 Å². The van der Waals surface area contributed by atoms with Gasteiger partial charge in [-0.25, -0.2) is 4.98 Å². The summed E-state index contributed by atoms with van der Waals surface area (Å²) in [5.74, 6) is 0.0498. The molecule has 0 bridgehead atoms. The van der Waals surface area contributed by atoms with E-state index in [9.17, 15) is 4.79 Å². The molecule has 1 aliphatic rings. The first-order chi connectivity index (χ1) is 11.3. The highest BCUT2D eigenvalue weighted by atomic mass is 32.1. The Kier molecular flexibility index (Phi) is 6.15. The van der Waals surface area contributed by atoms with Gasteiger partial charge in [-0.15, -0.1) is 22.7 Å². The zero-order valence-corrected chi connectivity index (χ0v) is 14.6. The molecule has 124 valence electrons. The minimum absolute atomic E-state index is 0.0498. The predicted octanol–water partition coefficient (Wildman–Crippen LogP) is 3.00. The van der Waals surface area contributed by atoms with Crippen LogP contribution in [0.25, 0.3) is 0 Å². The van der Waals surface area contributed by atoms with Crippen LogP contribution in [0.4, 0.5) is 5.13 Å². The van der Waals surface area contributed by atoms with E-state index in [1.807, 2.05) is 11.4 Å². The first kappa shape index (κ1) is 16.6. The third-order valence-electron chi connectivity index (χ3n) is 3.69. The van der Waals surface area contributed by atoms with E-state index in [1.165, 1.54) is 16.2 Å². The predicted molar refractivity (Wildman–Crippen MR) is 94.1 cm³/mol. The number of thiophene rings is 1. The van der Waals surface area contributed by atoms with Gasteiger partial charge in [0, 0.05) is 36.3 Å². The fraction of sp³-hybridized carbons (Fsp3) is 0.500. The first-order valence-corrected chi connectivity index (χ1v) is 9.62. The van der Waals surface area contributed by atoms with Crippen molar-refractivity contribution in [2.45, 2.75) is 25.8 Å². The lowest BCUT2D eigenvalue weighted by Crippen LogP contribution is -2.35. The maximum Gasteiger partial charge on any atom is 0.226 e. The molecule has 2 aromatic heterocycles. The second-order valence-electron chi connectivity index (χ2n) is 5.51. The van der Waals surface area contributed by atoms with Crippen LogP contribution in [-0.2, 0) is 22.5 Å². The topological polar surface area (TPSA) is 54.5 Å². The Labute approximate surface area is 144 Å². The lowest BCUT2D eigenvalue weighted by atomic mass is 10.2. The minimum Gasteiger partial charge on any atom is -0.379 e. The van der Waals surface area contributed by atoms with E-state index in [1.54, 1.807) is 11.3 Å². The molecule has 1 amide bonds. The number of aryl methyl sites for hydroxylation is 1. The van der Waals surface area contributed by atoms with Crippen molar-refractivity contribution in [1.82, 2.24) is 9.88 Å². The van der Waals surface area contributed by atoms with Crippen LogP contribution in [0.15, 0.2) is 22.9 Å². The lowest BCUT2D eigenvalue weighted by Gasteiger charge is -2.25. The molecule has 0 spiro atoms. The van der Waals surface area contributed by atoms with Gasteiger partial charge < -0.3 is 10.1 Å². The van der Waals surface area contributed by atoms with Gasteiger partial charge in [-0.3, -0.25) is 9.69 Å². The van der Waals surface area contributed by atoms with E-state index < -0.39 is 0 Å². The van der Waals surface area contributed by atoms with E-state index >= 15 is 0 Å². The molecule has 3 heterocycles. The Morgan fingerprint density at radius 2 is 2.22 bits per heavy atom. The molecule has 5 nitrogen and oxygen atoms in total. The zero-order valence-electron chi connectivity index (χ0n) is 13.0. The SMILES string of the molecule is O=C(CCCc1cccs1)Nc1nc(CN2CCOCC2)cs1. The summed E-state index contributed by atoms with van der Waals surface area (Å²) >= 11 is 3.24. The molecule has 0 aliphatic carbocycles. The van der Waals surface area contributed by atoms with Gasteiger partial charge in [0.05, 0.1) is 18.9 Å². The van der Waals surface area contributed by atoms with Gasteiger partial charge in [-0.2, -0.15) is 0 Å². The normalized spacial score (nSPS) is 15.7. The number of aromatic nitrogens is 1. The summed E-state index contributed by atoms with van der Waals surface area (Å²) in [4.78, 5) is 20.1. The number of thiazole rings is 1. The van der Waals surface area contributed by atoms with Crippen molar-refractivity contribution in [3.05, 3.63) is 33.5 Å². The molecule has 3 rings (SSSR count). The highest BCUT2D eigenvalue weighted by Gasteiger charge is 2.13. The van der Waals surface area contributed by atoms with Crippen LogP contribution in [0.5, 0.6) is 0 Å². The van der Waals surface area contributed by atoms with Crippen molar-refractivity contribution in [3.63, 3.8) is 0 Å². The van der Waals surface area contributed by atoms with Crippen molar-refractivity contribution >= 4 is 33.7 Å². The van der Waals surface area contributed by atoms with Crippen molar-refractivity contribution in [2.75, 3.05) is 31.6 Å². The van der Waals surface area contributed by atoms with Gasteiger partial charge in [-0.05, 0) is 24.3 Å². The number of amides is 1. The van der Waals surface area contributed by atoms with E-state index in [-0.39, 0.29) is 5.91 Å². The molecule has 0 unspecified atom stereocenters. The maximum atomic E-state index is 12.0. The Morgan fingerprint density at radius 1 is 1.35 bits per heavy atom. The standard InChI is InChI=1S/C16H21N3O2S2/c20-15(5-1-3-14-4-2-10-22-14)18-16-17-13(12-23-16)11-19-6-8-21-9-7-19/h2,4,10,12H,1,3,5-9,11H2,(H,17,18,20). The van der Waals surface area contributed by atoms with Crippen LogP contribution in [0.3, 0.4) is 0 Å². The number of carbonyl (C=O) groups is 1. The average molecular weight is 351 g/mol. The Bertz CT molecular complexity index is 607. The summed E-state index contributed by atoms with van der Waals surface area (Å²) in [7, 11) is 0. The molecule has 2 aromatic rings. The van der Waals surface area contributed by atoms with Gasteiger partial charge in [0.15, 0.2) is 5.13 Å². The highest BCUT2D eigenvalue weighted by Crippen LogP contribution is 2.18. The summed E-state index contributed by atoms with van der Waals surface area (Å²) in [5, 5.41) is 7.71. The Hall–Kier alpha value is -1.28. The fourth-order valence-corrected chi connectivity index (χ4v) is 3.95. The molecule has 1 saturated heterocycles. The van der Waals surface area contributed by atoms with E-state index in [2.05, 4.69) is 26.6 Å². The van der Waals surface area contributed by atoms with Crippen LogP contribution in [0.2, 0.25) is 0 Å². The Morgan fingerprint density at radius 3 is 3.00 bits per heavy atom. The smallest absolute Gasteiger partial charge is 0.226 e. The van der Waals surface area contributed by atoms with Crippen LogP contribution >= 0.6 is 22.7 Å². The second-order valence-corrected chi connectivity index (χ2v) is 7.40. The minimum atomic E-state index is 0.0498. The molecule has 0 aromatic carbocycles. The van der Waals surface area contributed by atoms with E-state index in [0.29, 0.717) is 11.6 Å². The number of carbonyl (C=O) groups excluding carboxylic acids is 1.